The van der Waals surface area contributed by atoms with Gasteiger partial charge in [0.05, 0.1) is 11.1 Å². The maximum Gasteiger partial charge on any atom is 0.308 e. The van der Waals surface area contributed by atoms with Crippen LogP contribution in [0.5, 0.6) is 5.75 Å². The zero-order valence-corrected chi connectivity index (χ0v) is 15.5. The molecule has 2 heterocycles. The predicted molar refractivity (Wildman–Crippen MR) is 94.5 cm³/mol. The topological polar surface area (TPSA) is 81.1 Å². The third kappa shape index (κ3) is 3.48. The molecule has 140 valence electrons. The summed E-state index contributed by atoms with van der Waals surface area (Å²) in [5.41, 5.74) is -1.08. The number of benzene rings is 1. The molecular formula is C18H15ClFN3O4. The highest BCUT2D eigenvalue weighted by Crippen LogP contribution is 2.41. The van der Waals surface area contributed by atoms with E-state index in [4.69, 9.17) is 21.1 Å². The molecule has 1 aromatic heterocycles. The molecule has 1 aliphatic rings. The Morgan fingerprint density at radius 1 is 1.30 bits per heavy atom. The first kappa shape index (κ1) is 18.8. The molecule has 0 saturated heterocycles. The van der Waals surface area contributed by atoms with Gasteiger partial charge >= 0.3 is 5.97 Å². The maximum atomic E-state index is 14.0. The van der Waals surface area contributed by atoms with Crippen molar-refractivity contribution in [3.05, 3.63) is 58.6 Å². The first-order valence-corrected chi connectivity index (χ1v) is 8.28. The third-order valence-electron chi connectivity index (χ3n) is 3.87. The Balaban J connectivity index is 2.13. The smallest absolute Gasteiger partial charge is 0.308 e. The van der Waals surface area contributed by atoms with Gasteiger partial charge in [-0.1, -0.05) is 11.6 Å². The highest BCUT2D eigenvalue weighted by atomic mass is 35.5. The van der Waals surface area contributed by atoms with Gasteiger partial charge in [-0.15, -0.1) is 5.10 Å². The molecule has 2 aromatic rings. The van der Waals surface area contributed by atoms with E-state index in [2.05, 4.69) is 10.1 Å². The Hall–Kier alpha value is -3.00. The largest absolute Gasteiger partial charge is 0.443 e. The molecule has 1 aliphatic heterocycles. The number of esters is 1. The first-order chi connectivity index (χ1) is 12.7. The summed E-state index contributed by atoms with van der Waals surface area (Å²) in [6.07, 6.45) is 1.49. The normalized spacial score (nSPS) is 18.7. The van der Waals surface area contributed by atoms with E-state index in [1.54, 1.807) is 12.1 Å². The summed E-state index contributed by atoms with van der Waals surface area (Å²) in [5.74, 6) is -1.59. The molecule has 0 unspecified atom stereocenters. The SMILES string of the molecule is CC(=O)Oc1ccc(F)cc1[C@@]1(C)OC(c2cccnc2Cl)=NN1C(C)=O. The van der Waals surface area contributed by atoms with Crippen LogP contribution >= 0.6 is 11.6 Å². The second kappa shape index (κ2) is 6.96. The zero-order chi connectivity index (χ0) is 19.8. The van der Waals surface area contributed by atoms with E-state index < -0.39 is 23.4 Å². The number of ether oxygens (including phenoxy) is 2. The summed E-state index contributed by atoms with van der Waals surface area (Å²) in [4.78, 5) is 27.6. The molecule has 0 radical (unpaired) electrons. The number of halogens is 2. The molecule has 1 aromatic carbocycles. The first-order valence-electron chi connectivity index (χ1n) is 7.90. The second-order valence-electron chi connectivity index (χ2n) is 5.90. The van der Waals surface area contributed by atoms with Crippen LogP contribution in [0.15, 0.2) is 41.6 Å². The van der Waals surface area contributed by atoms with Crippen molar-refractivity contribution in [2.45, 2.75) is 26.5 Å². The van der Waals surface area contributed by atoms with Crippen molar-refractivity contribution in [2.24, 2.45) is 5.10 Å². The van der Waals surface area contributed by atoms with Gasteiger partial charge in [0.25, 0.3) is 0 Å². The Morgan fingerprint density at radius 2 is 2.04 bits per heavy atom. The number of rotatable bonds is 3. The molecule has 0 bridgehead atoms. The lowest BCUT2D eigenvalue weighted by Gasteiger charge is -2.32. The van der Waals surface area contributed by atoms with Crippen molar-refractivity contribution in [3.63, 3.8) is 0 Å². The summed E-state index contributed by atoms with van der Waals surface area (Å²) in [7, 11) is 0. The van der Waals surface area contributed by atoms with Gasteiger partial charge in [-0.3, -0.25) is 9.59 Å². The Bertz CT molecular complexity index is 965. The summed E-state index contributed by atoms with van der Waals surface area (Å²) in [6.45, 7) is 4.01. The number of hydrogen-bond donors (Lipinski definition) is 0. The minimum Gasteiger partial charge on any atom is -0.443 e. The maximum absolute atomic E-state index is 14.0. The number of carbonyl (C=O) groups excluding carboxylic acids is 2. The molecule has 0 spiro atoms. The lowest BCUT2D eigenvalue weighted by Crippen LogP contribution is -2.42. The van der Waals surface area contributed by atoms with E-state index in [0.717, 1.165) is 17.1 Å². The summed E-state index contributed by atoms with van der Waals surface area (Å²) in [5, 5.41) is 5.35. The number of amides is 1. The summed E-state index contributed by atoms with van der Waals surface area (Å²) < 4.78 is 25.0. The Morgan fingerprint density at radius 3 is 2.67 bits per heavy atom. The molecule has 7 nitrogen and oxygen atoms in total. The van der Waals surface area contributed by atoms with Crippen LogP contribution < -0.4 is 4.74 Å². The Labute approximate surface area is 159 Å². The van der Waals surface area contributed by atoms with Crippen molar-refractivity contribution in [1.82, 2.24) is 9.99 Å². The number of nitrogens with zero attached hydrogens (tertiary/aromatic N) is 3. The van der Waals surface area contributed by atoms with E-state index in [9.17, 15) is 14.0 Å². The molecule has 0 fully saturated rings. The molecule has 0 N–H and O–H groups in total. The van der Waals surface area contributed by atoms with Crippen LogP contribution in [0, 0.1) is 5.82 Å². The van der Waals surface area contributed by atoms with Crippen molar-refractivity contribution in [2.75, 3.05) is 0 Å². The van der Waals surface area contributed by atoms with Crippen molar-refractivity contribution >= 4 is 29.4 Å². The minimum absolute atomic E-state index is 0.0313. The number of aromatic nitrogens is 1. The fourth-order valence-electron chi connectivity index (χ4n) is 2.74. The van der Waals surface area contributed by atoms with Crippen molar-refractivity contribution in [1.29, 1.82) is 0 Å². The van der Waals surface area contributed by atoms with Gasteiger partial charge in [0.2, 0.25) is 17.5 Å². The van der Waals surface area contributed by atoms with Gasteiger partial charge < -0.3 is 9.47 Å². The predicted octanol–water partition coefficient (Wildman–Crippen LogP) is 3.21. The van der Waals surface area contributed by atoms with E-state index in [0.29, 0.717) is 5.56 Å². The van der Waals surface area contributed by atoms with Crippen LogP contribution in [0.3, 0.4) is 0 Å². The van der Waals surface area contributed by atoms with E-state index in [1.807, 2.05) is 0 Å². The molecule has 3 rings (SSSR count). The van der Waals surface area contributed by atoms with Crippen LogP contribution in [0.2, 0.25) is 5.15 Å². The highest BCUT2D eigenvalue weighted by Gasteiger charge is 2.47. The van der Waals surface area contributed by atoms with E-state index in [1.165, 1.54) is 33.0 Å². The van der Waals surface area contributed by atoms with E-state index in [-0.39, 0.29) is 22.4 Å². The van der Waals surface area contributed by atoms with Gasteiger partial charge in [0.15, 0.2) is 0 Å². The molecular weight excluding hydrogens is 377 g/mol. The summed E-state index contributed by atoms with van der Waals surface area (Å²) >= 11 is 6.09. The van der Waals surface area contributed by atoms with Crippen LogP contribution in [-0.2, 0) is 20.1 Å². The lowest BCUT2D eigenvalue weighted by molar-refractivity contribution is -0.146. The molecule has 27 heavy (non-hydrogen) atoms. The third-order valence-corrected chi connectivity index (χ3v) is 4.17. The van der Waals surface area contributed by atoms with Gasteiger partial charge in [-0.2, -0.15) is 5.01 Å². The van der Waals surface area contributed by atoms with Crippen LogP contribution in [0.1, 0.15) is 31.9 Å². The molecule has 9 heteroatoms. The fourth-order valence-corrected chi connectivity index (χ4v) is 2.94. The van der Waals surface area contributed by atoms with Crippen LogP contribution in [0.4, 0.5) is 4.39 Å². The average Bonchev–Trinajstić information content (AvgIpc) is 2.95. The van der Waals surface area contributed by atoms with Gasteiger partial charge in [0, 0.05) is 27.0 Å². The molecule has 1 atom stereocenters. The zero-order valence-electron chi connectivity index (χ0n) is 14.7. The average molecular weight is 392 g/mol. The lowest BCUT2D eigenvalue weighted by atomic mass is 10.0. The monoisotopic (exact) mass is 391 g/mol. The quantitative estimate of drug-likeness (QED) is 0.456. The number of hydrogen-bond acceptors (Lipinski definition) is 6. The van der Waals surface area contributed by atoms with Crippen LogP contribution in [0.25, 0.3) is 0 Å². The fraction of sp³-hybridized carbons (Fsp3) is 0.222. The van der Waals surface area contributed by atoms with Gasteiger partial charge in [-0.25, -0.2) is 9.37 Å². The van der Waals surface area contributed by atoms with Gasteiger partial charge in [-0.05, 0) is 30.3 Å². The van der Waals surface area contributed by atoms with Crippen molar-refractivity contribution < 1.29 is 23.5 Å². The highest BCUT2D eigenvalue weighted by molar-refractivity contribution is 6.32. The van der Waals surface area contributed by atoms with Crippen molar-refractivity contribution in [3.8, 4) is 5.75 Å². The number of pyridine rings is 1. The van der Waals surface area contributed by atoms with E-state index >= 15 is 0 Å². The molecule has 0 aliphatic carbocycles. The summed E-state index contributed by atoms with van der Waals surface area (Å²) in [6, 6.07) is 6.80. The van der Waals surface area contributed by atoms with Crippen LogP contribution in [-0.4, -0.2) is 27.8 Å². The minimum atomic E-state index is -1.56. The Kier molecular flexibility index (Phi) is 4.84. The molecule has 0 saturated carbocycles. The standard InChI is InChI=1S/C18H15ClFN3O4/c1-10(24)23-18(3,14-9-12(20)6-7-15(14)26-11(2)25)27-17(22-23)13-5-4-8-21-16(13)19/h4-9H,1-3H3/t18-/m1/s1. The second-order valence-corrected chi connectivity index (χ2v) is 6.25. The van der Waals surface area contributed by atoms with Gasteiger partial charge in [0.1, 0.15) is 16.7 Å². The molecule has 1 amide bonds. The number of hydrazone groups is 1. The number of carbonyl (C=O) groups is 2.